The average Bonchev–Trinajstić information content (AvgIpc) is 3.11. The fourth-order valence-electron chi connectivity index (χ4n) is 3.76. The Bertz CT molecular complexity index is 730. The largest absolute Gasteiger partial charge is 0.445 e. The Hall–Kier alpha value is -1.64. The predicted octanol–water partition coefficient (Wildman–Crippen LogP) is 2.68. The smallest absolute Gasteiger partial charge is 0.410 e. The maximum absolute atomic E-state index is 12.4. The minimum atomic E-state index is -3.37. The van der Waals surface area contributed by atoms with E-state index in [0.29, 0.717) is 44.7 Å². The predicted molar refractivity (Wildman–Crippen MR) is 115 cm³/mol. The van der Waals surface area contributed by atoms with Gasteiger partial charge in [-0.05, 0) is 45.6 Å². The molecule has 164 valence electrons. The van der Waals surface area contributed by atoms with Gasteiger partial charge in [0.2, 0.25) is 10.0 Å². The van der Waals surface area contributed by atoms with Crippen molar-refractivity contribution in [3.63, 3.8) is 0 Å². The van der Waals surface area contributed by atoms with E-state index in [2.05, 4.69) is 37.3 Å². The normalized spacial score (nSPS) is 17.5. The van der Waals surface area contributed by atoms with Crippen LogP contribution in [0.3, 0.4) is 0 Å². The van der Waals surface area contributed by atoms with Crippen LogP contribution in [0.25, 0.3) is 0 Å². The van der Waals surface area contributed by atoms with Crippen LogP contribution in [0.15, 0.2) is 30.3 Å². The highest BCUT2D eigenvalue weighted by atomic mass is 32.2. The molecule has 8 heteroatoms. The first-order valence-electron chi connectivity index (χ1n) is 10.4. The molecule has 0 spiro atoms. The Balaban J connectivity index is 1.74. The van der Waals surface area contributed by atoms with E-state index in [1.165, 1.54) is 0 Å². The Morgan fingerprint density at radius 3 is 2.48 bits per heavy atom. The lowest BCUT2D eigenvalue weighted by Crippen LogP contribution is -2.43. The highest BCUT2D eigenvalue weighted by Gasteiger charge is 2.30. The monoisotopic (exact) mass is 425 g/mol. The molecule has 0 radical (unpaired) electrons. The van der Waals surface area contributed by atoms with E-state index in [9.17, 15) is 13.2 Å². The van der Waals surface area contributed by atoms with Crippen molar-refractivity contribution in [3.05, 3.63) is 35.9 Å². The number of benzene rings is 1. The van der Waals surface area contributed by atoms with Crippen LogP contribution in [0.5, 0.6) is 0 Å². The van der Waals surface area contributed by atoms with Gasteiger partial charge in [-0.3, -0.25) is 4.90 Å². The molecule has 1 aliphatic heterocycles. The molecule has 1 amide bonds. The molecule has 7 nitrogen and oxygen atoms in total. The van der Waals surface area contributed by atoms with Gasteiger partial charge in [0.1, 0.15) is 6.61 Å². The molecule has 29 heavy (non-hydrogen) atoms. The molecule has 2 rings (SSSR count). The summed E-state index contributed by atoms with van der Waals surface area (Å²) in [5, 5.41) is 0. The fraction of sp³-hybridized carbons (Fsp3) is 0.667. The fourth-order valence-corrected chi connectivity index (χ4v) is 5.17. The van der Waals surface area contributed by atoms with E-state index in [1.54, 1.807) is 4.90 Å². The molecule has 1 N–H and O–H groups in total. The number of amides is 1. The summed E-state index contributed by atoms with van der Waals surface area (Å²) in [5.41, 5.74) is 0.931. The number of hydrogen-bond acceptors (Lipinski definition) is 5. The number of rotatable bonds is 10. The first-order valence-corrected chi connectivity index (χ1v) is 12.0. The van der Waals surface area contributed by atoms with Crippen molar-refractivity contribution in [2.24, 2.45) is 5.92 Å². The Morgan fingerprint density at radius 2 is 1.86 bits per heavy atom. The van der Waals surface area contributed by atoms with Crippen LogP contribution in [-0.2, 0) is 21.4 Å². The van der Waals surface area contributed by atoms with E-state index in [-0.39, 0.29) is 24.4 Å². The minimum absolute atomic E-state index is 0.0405. The summed E-state index contributed by atoms with van der Waals surface area (Å²) in [5.74, 6) is -0.0261. The zero-order valence-corrected chi connectivity index (χ0v) is 18.8. The number of carbonyl (C=O) groups excluding carboxylic acids is 1. The van der Waals surface area contributed by atoms with Crippen molar-refractivity contribution >= 4 is 16.1 Å². The van der Waals surface area contributed by atoms with Gasteiger partial charge in [-0.15, -0.1) is 0 Å². The molecular formula is C21H35N3O4S. The lowest BCUT2D eigenvalue weighted by molar-refractivity contribution is 0.103. The van der Waals surface area contributed by atoms with Crippen molar-refractivity contribution in [1.29, 1.82) is 0 Å². The first-order chi connectivity index (χ1) is 13.7. The van der Waals surface area contributed by atoms with Crippen LogP contribution in [0.1, 0.15) is 39.7 Å². The van der Waals surface area contributed by atoms with Gasteiger partial charge in [-0.2, -0.15) is 0 Å². The zero-order valence-electron chi connectivity index (χ0n) is 18.0. The summed E-state index contributed by atoms with van der Waals surface area (Å²) in [7, 11) is -3.37. The molecular weight excluding hydrogens is 390 g/mol. The topological polar surface area (TPSA) is 79.0 Å². The lowest BCUT2D eigenvalue weighted by Gasteiger charge is -2.30. The summed E-state index contributed by atoms with van der Waals surface area (Å²) < 4.78 is 32.9. The van der Waals surface area contributed by atoms with Gasteiger partial charge in [-0.1, -0.05) is 30.3 Å². The molecule has 0 saturated carbocycles. The third kappa shape index (κ3) is 7.95. The summed E-state index contributed by atoms with van der Waals surface area (Å²) >= 11 is 0. The molecule has 0 unspecified atom stereocenters. The molecule has 0 aliphatic carbocycles. The number of hydrogen-bond donors (Lipinski definition) is 1. The van der Waals surface area contributed by atoms with Crippen LogP contribution < -0.4 is 4.72 Å². The third-order valence-corrected chi connectivity index (χ3v) is 6.78. The molecule has 0 aromatic heterocycles. The van der Waals surface area contributed by atoms with Gasteiger partial charge in [0, 0.05) is 38.3 Å². The number of likely N-dealkylation sites (tertiary alicyclic amines) is 1. The van der Waals surface area contributed by atoms with E-state index < -0.39 is 10.0 Å². The molecule has 1 fully saturated rings. The van der Waals surface area contributed by atoms with Gasteiger partial charge in [0.25, 0.3) is 0 Å². The average molecular weight is 426 g/mol. The van der Waals surface area contributed by atoms with E-state index in [4.69, 9.17) is 4.74 Å². The number of carbonyl (C=O) groups is 1. The second-order valence-corrected chi connectivity index (χ2v) is 10.1. The maximum Gasteiger partial charge on any atom is 0.410 e. The Morgan fingerprint density at radius 1 is 1.21 bits per heavy atom. The van der Waals surface area contributed by atoms with Crippen molar-refractivity contribution in [2.45, 2.75) is 52.8 Å². The SMILES string of the molecule is CC(C)N(CCNS(=O)(=O)C[C@H]1CCN(C(=O)OCc2ccccc2)C1)C(C)C. The summed E-state index contributed by atoms with van der Waals surface area (Å²) in [6.45, 7) is 10.7. The summed E-state index contributed by atoms with van der Waals surface area (Å²) in [6.07, 6.45) is 0.289. The van der Waals surface area contributed by atoms with Gasteiger partial charge in [0.05, 0.1) is 5.75 Å². The summed E-state index contributed by atoms with van der Waals surface area (Å²) in [4.78, 5) is 16.1. The van der Waals surface area contributed by atoms with Crippen molar-refractivity contribution < 1.29 is 17.9 Å². The van der Waals surface area contributed by atoms with Crippen molar-refractivity contribution in [3.8, 4) is 0 Å². The van der Waals surface area contributed by atoms with Crippen LogP contribution in [0.4, 0.5) is 4.79 Å². The molecule has 0 bridgehead atoms. The molecule has 1 atom stereocenters. The van der Waals surface area contributed by atoms with Crippen LogP contribution >= 0.6 is 0 Å². The third-order valence-electron chi connectivity index (χ3n) is 5.22. The van der Waals surface area contributed by atoms with E-state index in [0.717, 1.165) is 5.56 Å². The van der Waals surface area contributed by atoms with Gasteiger partial charge in [-0.25, -0.2) is 17.9 Å². The number of sulfonamides is 1. The van der Waals surface area contributed by atoms with E-state index in [1.807, 2.05) is 30.3 Å². The van der Waals surface area contributed by atoms with Crippen molar-refractivity contribution in [2.75, 3.05) is 31.9 Å². The Labute approximate surface area is 175 Å². The lowest BCUT2D eigenvalue weighted by atomic mass is 10.2. The highest BCUT2D eigenvalue weighted by molar-refractivity contribution is 7.89. The first kappa shape index (κ1) is 23.6. The van der Waals surface area contributed by atoms with Gasteiger partial charge < -0.3 is 9.64 Å². The minimum Gasteiger partial charge on any atom is -0.445 e. The van der Waals surface area contributed by atoms with Crippen molar-refractivity contribution in [1.82, 2.24) is 14.5 Å². The molecule has 1 aromatic carbocycles. The number of nitrogens with one attached hydrogen (secondary N) is 1. The number of nitrogens with zero attached hydrogens (tertiary/aromatic N) is 2. The standard InChI is InChI=1S/C21H35N3O4S/c1-17(2)24(18(3)4)13-11-22-29(26,27)16-20-10-12-23(14-20)21(25)28-15-19-8-6-5-7-9-19/h5-9,17-18,20,22H,10-16H2,1-4H3/t20-/m0/s1. The number of ether oxygens (including phenoxy) is 1. The highest BCUT2D eigenvalue weighted by Crippen LogP contribution is 2.19. The molecule has 1 aliphatic rings. The van der Waals surface area contributed by atoms with Gasteiger partial charge >= 0.3 is 6.09 Å². The van der Waals surface area contributed by atoms with Crippen LogP contribution in [0.2, 0.25) is 0 Å². The molecule has 1 aromatic rings. The Kier molecular flexibility index (Phi) is 8.92. The van der Waals surface area contributed by atoms with Crippen LogP contribution in [0, 0.1) is 5.92 Å². The van der Waals surface area contributed by atoms with Gasteiger partial charge in [0.15, 0.2) is 0 Å². The molecule has 1 saturated heterocycles. The van der Waals surface area contributed by atoms with Crippen LogP contribution in [-0.4, -0.2) is 68.3 Å². The second-order valence-electron chi connectivity index (χ2n) is 8.24. The summed E-state index contributed by atoms with van der Waals surface area (Å²) in [6, 6.07) is 10.2. The van der Waals surface area contributed by atoms with E-state index >= 15 is 0 Å². The maximum atomic E-state index is 12.4. The second kappa shape index (κ2) is 10.9. The molecule has 1 heterocycles. The zero-order chi connectivity index (χ0) is 21.4. The quantitative estimate of drug-likeness (QED) is 0.624.